The van der Waals surface area contributed by atoms with Crippen LogP contribution < -0.4 is 27.6 Å². The van der Waals surface area contributed by atoms with Crippen molar-refractivity contribution in [2.45, 2.75) is 45.2 Å². The molecule has 0 aliphatic carbocycles. The minimum atomic E-state index is -0.727. The van der Waals surface area contributed by atoms with Gasteiger partial charge in [0.05, 0.1) is 18.7 Å². The Balaban J connectivity index is 2.79. The molecule has 0 heterocycles. The third-order valence-electron chi connectivity index (χ3n) is 4.29. The Kier molecular flexibility index (Phi) is 10.1. The van der Waals surface area contributed by atoms with Gasteiger partial charge in [0, 0.05) is 12.2 Å². The van der Waals surface area contributed by atoms with Crippen LogP contribution in [0.4, 0.5) is 5.69 Å². The molecule has 156 valence electrons. The normalized spacial score (nSPS) is 12.9. The standard InChI is InChI=1S/C19H31N5O4/c1-12(2)16(20)18(26)24-15(6-4-5-11-22-21)17(25)23-14-9-7-13(8-10-14)19(27)28-3/h7-10,12,15-16,22H,4-6,11,20-21H2,1-3H3,(H,23,25)(H,24,26)/t15-,16-/m0/s1. The first-order valence-corrected chi connectivity index (χ1v) is 9.28. The Morgan fingerprint density at radius 3 is 2.25 bits per heavy atom. The highest BCUT2D eigenvalue weighted by Crippen LogP contribution is 2.12. The quantitative estimate of drug-likeness (QED) is 0.159. The first-order chi connectivity index (χ1) is 13.3. The molecule has 0 radical (unpaired) electrons. The van der Waals surface area contributed by atoms with E-state index in [1.165, 1.54) is 7.11 Å². The van der Waals surface area contributed by atoms with Crippen LogP contribution in [-0.4, -0.2) is 43.5 Å². The largest absolute Gasteiger partial charge is 0.465 e. The van der Waals surface area contributed by atoms with E-state index in [0.717, 1.165) is 6.42 Å². The molecule has 0 fully saturated rings. The summed E-state index contributed by atoms with van der Waals surface area (Å²) >= 11 is 0. The summed E-state index contributed by atoms with van der Waals surface area (Å²) in [5.74, 6) is 4.03. The molecule has 2 amide bonds. The van der Waals surface area contributed by atoms with E-state index in [0.29, 0.717) is 30.6 Å². The molecule has 0 bridgehead atoms. The summed E-state index contributed by atoms with van der Waals surface area (Å²) in [7, 11) is 1.30. The van der Waals surface area contributed by atoms with Gasteiger partial charge in [-0.05, 0) is 49.4 Å². The number of hydrazine groups is 1. The van der Waals surface area contributed by atoms with Gasteiger partial charge in [0.1, 0.15) is 6.04 Å². The predicted molar refractivity (Wildman–Crippen MR) is 107 cm³/mol. The number of benzene rings is 1. The molecule has 0 unspecified atom stereocenters. The van der Waals surface area contributed by atoms with Gasteiger partial charge in [-0.1, -0.05) is 13.8 Å². The Morgan fingerprint density at radius 2 is 1.71 bits per heavy atom. The van der Waals surface area contributed by atoms with E-state index in [2.05, 4.69) is 20.8 Å². The maximum atomic E-state index is 12.7. The van der Waals surface area contributed by atoms with Gasteiger partial charge in [-0.2, -0.15) is 0 Å². The zero-order valence-electron chi connectivity index (χ0n) is 16.7. The third-order valence-corrected chi connectivity index (χ3v) is 4.29. The Hall–Kier alpha value is -2.49. The summed E-state index contributed by atoms with van der Waals surface area (Å²) < 4.78 is 4.65. The Morgan fingerprint density at radius 1 is 1.07 bits per heavy atom. The van der Waals surface area contributed by atoms with Gasteiger partial charge in [-0.15, -0.1) is 0 Å². The molecule has 1 aromatic rings. The number of nitrogens with one attached hydrogen (secondary N) is 3. The van der Waals surface area contributed by atoms with Crippen molar-refractivity contribution >= 4 is 23.5 Å². The molecular formula is C19H31N5O4. The number of rotatable bonds is 11. The monoisotopic (exact) mass is 393 g/mol. The molecule has 0 aliphatic heterocycles. The molecule has 2 atom stereocenters. The lowest BCUT2D eigenvalue weighted by Crippen LogP contribution is -2.51. The lowest BCUT2D eigenvalue weighted by molar-refractivity contribution is -0.128. The number of hydrogen-bond acceptors (Lipinski definition) is 7. The summed E-state index contributed by atoms with van der Waals surface area (Å²) in [6, 6.07) is 4.88. The maximum absolute atomic E-state index is 12.7. The number of anilines is 1. The second-order valence-electron chi connectivity index (χ2n) is 6.84. The summed E-state index contributed by atoms with van der Waals surface area (Å²) in [5, 5.41) is 5.49. The molecule has 9 heteroatoms. The fraction of sp³-hybridized carbons (Fsp3) is 0.526. The number of unbranched alkanes of at least 4 members (excludes halogenated alkanes) is 1. The summed E-state index contributed by atoms with van der Waals surface area (Å²) in [6.45, 7) is 4.30. The van der Waals surface area contributed by atoms with E-state index < -0.39 is 18.1 Å². The third kappa shape index (κ3) is 7.63. The van der Waals surface area contributed by atoms with E-state index in [1.54, 1.807) is 24.3 Å². The van der Waals surface area contributed by atoms with Gasteiger partial charge in [0.2, 0.25) is 11.8 Å². The summed E-state index contributed by atoms with van der Waals surface area (Å²) in [5.41, 5.74) is 9.32. The molecule has 0 saturated heterocycles. The first-order valence-electron chi connectivity index (χ1n) is 9.28. The van der Waals surface area contributed by atoms with Gasteiger partial charge >= 0.3 is 5.97 Å². The molecule has 1 rings (SSSR count). The highest BCUT2D eigenvalue weighted by Gasteiger charge is 2.25. The van der Waals surface area contributed by atoms with Crippen LogP contribution in [0.15, 0.2) is 24.3 Å². The van der Waals surface area contributed by atoms with Gasteiger partial charge in [-0.3, -0.25) is 20.9 Å². The van der Waals surface area contributed by atoms with Crippen LogP contribution in [0.5, 0.6) is 0 Å². The van der Waals surface area contributed by atoms with Crippen LogP contribution in [0.2, 0.25) is 0 Å². The molecule has 0 spiro atoms. The molecular weight excluding hydrogens is 362 g/mol. The van der Waals surface area contributed by atoms with E-state index >= 15 is 0 Å². The number of carbonyl (C=O) groups is 3. The SMILES string of the molecule is COC(=O)c1ccc(NC(=O)[C@H](CCCCNN)NC(=O)[C@@H](N)C(C)C)cc1. The van der Waals surface area contributed by atoms with Crippen LogP contribution in [0.3, 0.4) is 0 Å². The van der Waals surface area contributed by atoms with Crippen LogP contribution in [0, 0.1) is 5.92 Å². The second-order valence-corrected chi connectivity index (χ2v) is 6.84. The molecule has 1 aromatic carbocycles. The van der Waals surface area contributed by atoms with E-state index in [1.807, 2.05) is 13.8 Å². The second kappa shape index (κ2) is 12.1. The minimum absolute atomic E-state index is 0.0454. The highest BCUT2D eigenvalue weighted by molar-refractivity contribution is 5.98. The summed E-state index contributed by atoms with van der Waals surface area (Å²) in [4.78, 5) is 36.5. The number of methoxy groups -OCH3 is 1. The van der Waals surface area contributed by atoms with Crippen molar-refractivity contribution in [2.24, 2.45) is 17.5 Å². The lowest BCUT2D eigenvalue weighted by Gasteiger charge is -2.22. The molecule has 7 N–H and O–H groups in total. The van der Waals surface area contributed by atoms with Gasteiger partial charge in [0.15, 0.2) is 0 Å². The summed E-state index contributed by atoms with van der Waals surface area (Å²) in [6.07, 6.45) is 1.91. The number of esters is 1. The minimum Gasteiger partial charge on any atom is -0.465 e. The lowest BCUT2D eigenvalue weighted by atomic mass is 10.0. The van der Waals surface area contributed by atoms with Gasteiger partial charge < -0.3 is 21.1 Å². The number of ether oxygens (including phenoxy) is 1. The van der Waals surface area contributed by atoms with Crippen LogP contribution in [-0.2, 0) is 14.3 Å². The van der Waals surface area contributed by atoms with Crippen molar-refractivity contribution in [1.82, 2.24) is 10.7 Å². The maximum Gasteiger partial charge on any atom is 0.337 e. The fourth-order valence-corrected chi connectivity index (χ4v) is 2.45. The van der Waals surface area contributed by atoms with Crippen molar-refractivity contribution in [3.05, 3.63) is 29.8 Å². The highest BCUT2D eigenvalue weighted by atomic mass is 16.5. The molecule has 0 saturated carbocycles. The van der Waals surface area contributed by atoms with E-state index in [-0.39, 0.29) is 17.7 Å². The van der Waals surface area contributed by atoms with Crippen molar-refractivity contribution < 1.29 is 19.1 Å². The average Bonchev–Trinajstić information content (AvgIpc) is 2.69. The molecule has 0 aliphatic rings. The van der Waals surface area contributed by atoms with Crippen molar-refractivity contribution in [1.29, 1.82) is 0 Å². The molecule has 0 aromatic heterocycles. The molecule has 28 heavy (non-hydrogen) atoms. The Bertz CT molecular complexity index is 648. The van der Waals surface area contributed by atoms with Crippen LogP contribution in [0.1, 0.15) is 43.5 Å². The van der Waals surface area contributed by atoms with Gasteiger partial charge in [-0.25, -0.2) is 4.79 Å². The van der Waals surface area contributed by atoms with E-state index in [9.17, 15) is 14.4 Å². The average molecular weight is 393 g/mol. The zero-order chi connectivity index (χ0) is 21.1. The van der Waals surface area contributed by atoms with Crippen molar-refractivity contribution in [2.75, 3.05) is 19.0 Å². The molecule has 9 nitrogen and oxygen atoms in total. The van der Waals surface area contributed by atoms with Gasteiger partial charge in [0.25, 0.3) is 0 Å². The van der Waals surface area contributed by atoms with Crippen LogP contribution in [0.25, 0.3) is 0 Å². The van der Waals surface area contributed by atoms with Crippen molar-refractivity contribution in [3.8, 4) is 0 Å². The van der Waals surface area contributed by atoms with Crippen LogP contribution >= 0.6 is 0 Å². The smallest absolute Gasteiger partial charge is 0.337 e. The van der Waals surface area contributed by atoms with E-state index in [4.69, 9.17) is 11.6 Å². The number of amides is 2. The Labute approximate surface area is 165 Å². The zero-order valence-corrected chi connectivity index (χ0v) is 16.7. The predicted octanol–water partition coefficient (Wildman–Crippen LogP) is 0.513. The van der Waals surface area contributed by atoms with Crippen molar-refractivity contribution in [3.63, 3.8) is 0 Å². The first kappa shape index (κ1) is 23.5. The fourth-order valence-electron chi connectivity index (χ4n) is 2.45. The number of nitrogens with two attached hydrogens (primary N) is 2. The number of hydrogen-bond donors (Lipinski definition) is 5. The number of carbonyl (C=O) groups excluding carboxylic acids is 3. The topological polar surface area (TPSA) is 149 Å².